The lowest BCUT2D eigenvalue weighted by Crippen LogP contribution is -2.27. The van der Waals surface area contributed by atoms with Crippen molar-refractivity contribution >= 4 is 45.1 Å². The molecule has 1 amide bonds. The molecule has 3 heterocycles. The summed E-state index contributed by atoms with van der Waals surface area (Å²) < 4.78 is 32.4. The van der Waals surface area contributed by atoms with Crippen molar-refractivity contribution < 1.29 is 17.7 Å². The van der Waals surface area contributed by atoms with E-state index in [4.69, 9.17) is 4.52 Å². The van der Waals surface area contributed by atoms with Crippen LogP contribution in [0.25, 0.3) is 12.2 Å². The predicted molar refractivity (Wildman–Crippen MR) is 104 cm³/mol. The highest BCUT2D eigenvalue weighted by Crippen LogP contribution is 2.32. The minimum atomic E-state index is -3.40. The number of nitrogens with zero attached hydrogens (tertiary/aromatic N) is 2. The SMILES string of the molecule is Cc1noc(/C=C/c2ccc(S(=O)(=O)N3CCCC3)s2)c1NC(=O)C1CC1. The summed E-state index contributed by atoms with van der Waals surface area (Å²) in [5.41, 5.74) is 1.19. The van der Waals surface area contributed by atoms with Crippen LogP contribution in [0, 0.1) is 12.8 Å². The first-order valence-corrected chi connectivity index (χ1v) is 11.3. The summed E-state index contributed by atoms with van der Waals surface area (Å²) in [5.74, 6) is 0.539. The smallest absolute Gasteiger partial charge is 0.252 e. The molecule has 0 spiro atoms. The molecule has 0 unspecified atom stereocenters. The number of anilines is 1. The van der Waals surface area contributed by atoms with E-state index in [0.29, 0.717) is 34.4 Å². The summed E-state index contributed by atoms with van der Waals surface area (Å²) in [6.07, 6.45) is 7.16. The van der Waals surface area contributed by atoms with Crippen LogP contribution in [0.1, 0.15) is 42.0 Å². The van der Waals surface area contributed by atoms with Crippen molar-refractivity contribution in [3.8, 4) is 0 Å². The molecule has 0 bridgehead atoms. The molecule has 0 atom stereocenters. The molecule has 9 heteroatoms. The minimum Gasteiger partial charge on any atom is -0.354 e. The van der Waals surface area contributed by atoms with Gasteiger partial charge in [0.05, 0.1) is 0 Å². The van der Waals surface area contributed by atoms with Crippen molar-refractivity contribution in [3.05, 3.63) is 28.5 Å². The highest BCUT2D eigenvalue weighted by molar-refractivity contribution is 7.91. The Morgan fingerprint density at radius 3 is 2.74 bits per heavy atom. The van der Waals surface area contributed by atoms with Gasteiger partial charge in [-0.3, -0.25) is 4.79 Å². The predicted octanol–water partition coefficient (Wildman–Crippen LogP) is 3.35. The summed E-state index contributed by atoms with van der Waals surface area (Å²) in [7, 11) is -3.40. The van der Waals surface area contributed by atoms with Gasteiger partial charge in [-0.1, -0.05) is 5.16 Å². The standard InChI is InChI=1S/C18H21N3O4S2/c1-12-17(19-18(22)13-4-5-13)15(25-20-12)8-6-14-7-9-16(26-14)27(23,24)21-10-2-3-11-21/h6-9,13H,2-5,10-11H2,1H3,(H,19,22)/b8-6+. The number of hydrogen-bond acceptors (Lipinski definition) is 6. The first-order valence-electron chi connectivity index (χ1n) is 9.00. The van der Waals surface area contributed by atoms with E-state index >= 15 is 0 Å². The number of aromatic nitrogens is 1. The lowest BCUT2D eigenvalue weighted by atomic mass is 10.2. The largest absolute Gasteiger partial charge is 0.354 e. The topological polar surface area (TPSA) is 92.5 Å². The van der Waals surface area contributed by atoms with Gasteiger partial charge in [-0.15, -0.1) is 11.3 Å². The van der Waals surface area contributed by atoms with Crippen molar-refractivity contribution in [1.29, 1.82) is 0 Å². The van der Waals surface area contributed by atoms with Crippen LogP contribution in [0.3, 0.4) is 0 Å². The Morgan fingerprint density at radius 2 is 2.04 bits per heavy atom. The first kappa shape index (κ1) is 18.4. The molecule has 1 saturated heterocycles. The Bertz CT molecular complexity index is 980. The molecule has 0 radical (unpaired) electrons. The maximum Gasteiger partial charge on any atom is 0.252 e. The fourth-order valence-electron chi connectivity index (χ4n) is 3.00. The third-order valence-electron chi connectivity index (χ3n) is 4.75. The number of nitrogens with one attached hydrogen (secondary N) is 1. The van der Waals surface area contributed by atoms with E-state index in [1.54, 1.807) is 31.2 Å². The Morgan fingerprint density at radius 1 is 1.30 bits per heavy atom. The highest BCUT2D eigenvalue weighted by Gasteiger charge is 2.31. The molecule has 2 aliphatic rings. The molecule has 2 aromatic heterocycles. The van der Waals surface area contributed by atoms with Gasteiger partial charge in [0.15, 0.2) is 5.76 Å². The number of carbonyl (C=O) groups is 1. The van der Waals surface area contributed by atoms with Gasteiger partial charge in [-0.2, -0.15) is 4.31 Å². The maximum atomic E-state index is 12.6. The van der Waals surface area contributed by atoms with Crippen LogP contribution < -0.4 is 5.32 Å². The van der Waals surface area contributed by atoms with E-state index in [1.807, 2.05) is 0 Å². The first-order chi connectivity index (χ1) is 12.9. The number of hydrogen-bond donors (Lipinski definition) is 1. The van der Waals surface area contributed by atoms with Gasteiger partial charge in [0, 0.05) is 23.9 Å². The number of aryl methyl sites for hydroxylation is 1. The Balaban J connectivity index is 1.51. The van der Waals surface area contributed by atoms with E-state index < -0.39 is 10.0 Å². The van der Waals surface area contributed by atoms with Crippen LogP contribution in [0.4, 0.5) is 5.69 Å². The van der Waals surface area contributed by atoms with Crippen LogP contribution in [0.2, 0.25) is 0 Å². The van der Waals surface area contributed by atoms with Crippen LogP contribution >= 0.6 is 11.3 Å². The van der Waals surface area contributed by atoms with Gasteiger partial charge >= 0.3 is 0 Å². The third kappa shape index (κ3) is 3.85. The van der Waals surface area contributed by atoms with Crippen molar-refractivity contribution in [3.63, 3.8) is 0 Å². The Hall–Kier alpha value is -1.97. The second kappa shape index (κ2) is 7.21. The zero-order valence-electron chi connectivity index (χ0n) is 15.0. The number of rotatable bonds is 6. The van der Waals surface area contributed by atoms with Crippen molar-refractivity contribution in [2.45, 2.75) is 36.8 Å². The van der Waals surface area contributed by atoms with Gasteiger partial charge in [0.25, 0.3) is 10.0 Å². The molecule has 1 N–H and O–H groups in total. The monoisotopic (exact) mass is 407 g/mol. The fraction of sp³-hybridized carbons (Fsp3) is 0.444. The summed E-state index contributed by atoms with van der Waals surface area (Å²) in [6, 6.07) is 3.41. The Kier molecular flexibility index (Phi) is 4.92. The third-order valence-corrected chi connectivity index (χ3v) is 8.16. The molecule has 2 fully saturated rings. The van der Waals surface area contributed by atoms with Gasteiger partial charge in [0.1, 0.15) is 15.6 Å². The van der Waals surface area contributed by atoms with Gasteiger partial charge in [-0.05, 0) is 56.9 Å². The van der Waals surface area contributed by atoms with Crippen LogP contribution in [-0.4, -0.2) is 36.9 Å². The van der Waals surface area contributed by atoms with E-state index in [1.165, 1.54) is 15.6 Å². The van der Waals surface area contributed by atoms with Crippen molar-refractivity contribution in [2.24, 2.45) is 5.92 Å². The Labute approximate surface area is 162 Å². The van der Waals surface area contributed by atoms with E-state index in [-0.39, 0.29) is 11.8 Å². The molecule has 0 aromatic carbocycles. The molecular formula is C18H21N3O4S2. The lowest BCUT2D eigenvalue weighted by molar-refractivity contribution is -0.117. The van der Waals surface area contributed by atoms with E-state index in [0.717, 1.165) is 30.6 Å². The summed E-state index contributed by atoms with van der Waals surface area (Å²) in [5, 5.41) is 6.80. The zero-order valence-corrected chi connectivity index (χ0v) is 16.6. The van der Waals surface area contributed by atoms with Gasteiger partial charge in [-0.25, -0.2) is 8.42 Å². The maximum absolute atomic E-state index is 12.6. The molecule has 1 aliphatic heterocycles. The van der Waals surface area contributed by atoms with E-state index in [9.17, 15) is 13.2 Å². The summed E-state index contributed by atoms with van der Waals surface area (Å²) >= 11 is 1.22. The number of amides is 1. The van der Waals surface area contributed by atoms with Gasteiger partial charge < -0.3 is 9.84 Å². The fourth-order valence-corrected chi connectivity index (χ4v) is 5.90. The van der Waals surface area contributed by atoms with Crippen molar-refractivity contribution in [1.82, 2.24) is 9.46 Å². The van der Waals surface area contributed by atoms with Crippen LogP contribution in [0.5, 0.6) is 0 Å². The second-order valence-electron chi connectivity index (χ2n) is 6.87. The quantitative estimate of drug-likeness (QED) is 0.793. The average molecular weight is 408 g/mol. The summed E-state index contributed by atoms with van der Waals surface area (Å²) in [6.45, 7) is 2.95. The molecule has 144 valence electrons. The van der Waals surface area contributed by atoms with Crippen LogP contribution in [-0.2, 0) is 14.8 Å². The number of carbonyl (C=O) groups excluding carboxylic acids is 1. The average Bonchev–Trinajstić information content (AvgIpc) is 3.04. The second-order valence-corrected chi connectivity index (χ2v) is 10.2. The van der Waals surface area contributed by atoms with Crippen molar-refractivity contribution in [2.75, 3.05) is 18.4 Å². The molecule has 27 heavy (non-hydrogen) atoms. The molecule has 4 rings (SSSR count). The van der Waals surface area contributed by atoms with E-state index in [2.05, 4.69) is 10.5 Å². The number of sulfonamides is 1. The molecule has 7 nitrogen and oxygen atoms in total. The lowest BCUT2D eigenvalue weighted by Gasteiger charge is -2.13. The molecule has 1 aliphatic carbocycles. The van der Waals surface area contributed by atoms with Crippen LogP contribution in [0.15, 0.2) is 20.9 Å². The minimum absolute atomic E-state index is 0.00827. The molecule has 1 saturated carbocycles. The van der Waals surface area contributed by atoms with Gasteiger partial charge in [0.2, 0.25) is 5.91 Å². The highest BCUT2D eigenvalue weighted by atomic mass is 32.2. The normalized spacial score (nSPS) is 18.4. The molecule has 2 aromatic rings. The molecular weight excluding hydrogens is 386 g/mol. The summed E-state index contributed by atoms with van der Waals surface area (Å²) in [4.78, 5) is 12.8. The number of thiophene rings is 1. The zero-order chi connectivity index (χ0) is 19.0.